The normalized spacial score (nSPS) is 10.9. The quantitative estimate of drug-likeness (QED) is 0.413. The molecule has 2 aromatic heterocycles. The highest BCUT2D eigenvalue weighted by atomic mass is 35.5. The van der Waals surface area contributed by atoms with Gasteiger partial charge in [0.05, 0.1) is 12.0 Å². The van der Waals surface area contributed by atoms with E-state index in [1.165, 1.54) is 35.2 Å². The van der Waals surface area contributed by atoms with Crippen molar-refractivity contribution in [3.63, 3.8) is 0 Å². The van der Waals surface area contributed by atoms with E-state index in [-0.39, 0.29) is 23.2 Å². The predicted molar refractivity (Wildman–Crippen MR) is 120 cm³/mol. The first-order chi connectivity index (χ1) is 15.3. The molecule has 0 radical (unpaired) electrons. The summed E-state index contributed by atoms with van der Waals surface area (Å²) in [6, 6.07) is 13.6. The van der Waals surface area contributed by atoms with E-state index >= 15 is 0 Å². The Balaban J connectivity index is 1.79. The van der Waals surface area contributed by atoms with Crippen molar-refractivity contribution in [3.05, 3.63) is 89.2 Å². The average Bonchev–Trinajstić information content (AvgIpc) is 3.13. The van der Waals surface area contributed by atoms with E-state index in [1.54, 1.807) is 43.3 Å². The fourth-order valence-corrected chi connectivity index (χ4v) is 3.79. The number of hydrogen-bond donors (Lipinski definition) is 0. The molecule has 0 saturated heterocycles. The van der Waals surface area contributed by atoms with Gasteiger partial charge in [-0.05, 0) is 59.7 Å². The summed E-state index contributed by atoms with van der Waals surface area (Å²) < 4.78 is 28.5. The van der Waals surface area contributed by atoms with Crippen LogP contribution in [0.3, 0.4) is 0 Å². The molecule has 0 saturated carbocycles. The number of anilines is 1. The number of nitrogens with zero attached hydrogens (tertiary/aromatic N) is 4. The third-order valence-corrected chi connectivity index (χ3v) is 5.50. The molecule has 5 nitrogen and oxygen atoms in total. The van der Waals surface area contributed by atoms with E-state index in [4.69, 9.17) is 11.6 Å². The first-order valence-corrected chi connectivity index (χ1v) is 10.2. The number of aromatic nitrogens is 3. The molecule has 1 amide bonds. The van der Waals surface area contributed by atoms with E-state index < -0.39 is 5.82 Å². The lowest BCUT2D eigenvalue weighted by Crippen LogP contribution is -2.30. The summed E-state index contributed by atoms with van der Waals surface area (Å²) in [7, 11) is 3.39. The van der Waals surface area contributed by atoms with Crippen LogP contribution in [-0.2, 0) is 18.3 Å². The highest BCUT2D eigenvalue weighted by Crippen LogP contribution is 2.39. The Hall–Kier alpha value is -3.58. The standard InChI is InChI=1S/C24H19ClF2N4O/c1-30(21(32)13-17-5-8-19(27)14-20(17)25)24-22(15-9-11-28-12-10-15)23(29-31(24)2)16-3-6-18(26)7-4-16/h3-12,14H,13H2,1-2H3. The number of amides is 1. The molecule has 4 aromatic rings. The zero-order valence-corrected chi connectivity index (χ0v) is 18.1. The van der Waals surface area contributed by atoms with Gasteiger partial charge in [-0.15, -0.1) is 0 Å². The van der Waals surface area contributed by atoms with Gasteiger partial charge >= 0.3 is 0 Å². The highest BCUT2D eigenvalue weighted by Gasteiger charge is 2.25. The number of carbonyl (C=O) groups excluding carboxylic acids is 1. The fourth-order valence-electron chi connectivity index (χ4n) is 3.56. The molecule has 32 heavy (non-hydrogen) atoms. The molecule has 0 fully saturated rings. The van der Waals surface area contributed by atoms with Crippen LogP contribution >= 0.6 is 11.6 Å². The molecule has 0 aliphatic carbocycles. The number of hydrogen-bond acceptors (Lipinski definition) is 3. The molecule has 0 aliphatic heterocycles. The summed E-state index contributed by atoms with van der Waals surface area (Å²) in [5.41, 5.74) is 3.36. The molecule has 0 spiro atoms. The smallest absolute Gasteiger partial charge is 0.232 e. The van der Waals surface area contributed by atoms with Crippen molar-refractivity contribution in [2.75, 3.05) is 11.9 Å². The van der Waals surface area contributed by atoms with Crippen LogP contribution in [0.25, 0.3) is 22.4 Å². The molecular weight excluding hydrogens is 434 g/mol. The van der Waals surface area contributed by atoms with E-state index in [9.17, 15) is 13.6 Å². The van der Waals surface area contributed by atoms with Gasteiger partial charge in [0.15, 0.2) is 0 Å². The van der Waals surface area contributed by atoms with E-state index in [0.717, 1.165) is 5.56 Å². The molecule has 2 heterocycles. The molecule has 0 unspecified atom stereocenters. The number of likely N-dealkylation sites (N-methyl/N-ethyl adjacent to an activating group) is 1. The Kier molecular flexibility index (Phi) is 6.01. The van der Waals surface area contributed by atoms with Crippen molar-refractivity contribution >= 4 is 23.3 Å². The first kappa shape index (κ1) is 21.6. The largest absolute Gasteiger partial charge is 0.299 e. The number of halogens is 3. The third kappa shape index (κ3) is 4.24. The van der Waals surface area contributed by atoms with Crippen LogP contribution in [0.2, 0.25) is 5.02 Å². The maximum atomic E-state index is 13.5. The van der Waals surface area contributed by atoms with E-state index in [0.29, 0.717) is 28.2 Å². The lowest BCUT2D eigenvalue weighted by atomic mass is 10.0. The zero-order valence-electron chi connectivity index (χ0n) is 17.4. The number of pyridine rings is 1. The molecule has 162 valence electrons. The predicted octanol–water partition coefficient (Wildman–Crippen LogP) is 5.29. The van der Waals surface area contributed by atoms with E-state index in [1.807, 2.05) is 12.1 Å². The van der Waals surface area contributed by atoms with Crippen LogP contribution in [0.5, 0.6) is 0 Å². The third-order valence-electron chi connectivity index (χ3n) is 5.15. The minimum atomic E-state index is -0.463. The maximum Gasteiger partial charge on any atom is 0.232 e. The Labute approximate surface area is 188 Å². The second-order valence-electron chi connectivity index (χ2n) is 7.28. The molecule has 0 N–H and O–H groups in total. The van der Waals surface area contributed by atoms with Crippen molar-refractivity contribution in [2.24, 2.45) is 7.05 Å². The monoisotopic (exact) mass is 452 g/mol. The summed E-state index contributed by atoms with van der Waals surface area (Å²) in [6.07, 6.45) is 3.30. The molecule has 0 bridgehead atoms. The van der Waals surface area contributed by atoms with E-state index in [2.05, 4.69) is 10.1 Å². The van der Waals surface area contributed by atoms with Crippen LogP contribution in [0.1, 0.15) is 5.56 Å². The molecular formula is C24H19ClF2N4O. The second kappa shape index (κ2) is 8.88. The molecule has 0 aliphatic rings. The van der Waals surface area contributed by atoms with Crippen molar-refractivity contribution in [1.82, 2.24) is 14.8 Å². The number of rotatable bonds is 5. The average molecular weight is 453 g/mol. The minimum Gasteiger partial charge on any atom is -0.299 e. The summed E-state index contributed by atoms with van der Waals surface area (Å²) in [6.45, 7) is 0. The SMILES string of the molecule is CN(C(=O)Cc1ccc(F)cc1Cl)c1c(-c2ccncc2)c(-c2ccc(F)cc2)nn1C. The Morgan fingerprint density at radius 2 is 1.66 bits per heavy atom. The van der Waals surface area contributed by atoms with Gasteiger partial charge in [-0.1, -0.05) is 17.7 Å². The number of carbonyl (C=O) groups is 1. The number of benzene rings is 2. The van der Waals surface area contributed by atoms with Crippen molar-refractivity contribution in [2.45, 2.75) is 6.42 Å². The van der Waals surface area contributed by atoms with Gasteiger partial charge in [0.1, 0.15) is 23.1 Å². The van der Waals surface area contributed by atoms with Crippen LogP contribution in [-0.4, -0.2) is 27.7 Å². The molecule has 0 atom stereocenters. The maximum absolute atomic E-state index is 13.5. The van der Waals surface area contributed by atoms with Crippen LogP contribution < -0.4 is 4.90 Å². The van der Waals surface area contributed by atoms with Gasteiger partial charge in [0.2, 0.25) is 5.91 Å². The van der Waals surface area contributed by atoms with Gasteiger partial charge in [-0.3, -0.25) is 19.4 Å². The van der Waals surface area contributed by atoms with Gasteiger partial charge in [-0.25, -0.2) is 8.78 Å². The Morgan fingerprint density at radius 3 is 2.31 bits per heavy atom. The van der Waals surface area contributed by atoms with Crippen molar-refractivity contribution in [3.8, 4) is 22.4 Å². The summed E-state index contributed by atoms with van der Waals surface area (Å²) in [5.74, 6) is -0.504. The lowest BCUT2D eigenvalue weighted by molar-refractivity contribution is -0.117. The lowest BCUT2D eigenvalue weighted by Gasteiger charge is -2.20. The van der Waals surface area contributed by atoms with Crippen LogP contribution in [0, 0.1) is 11.6 Å². The van der Waals surface area contributed by atoms with Gasteiger partial charge in [-0.2, -0.15) is 5.10 Å². The van der Waals surface area contributed by atoms with Crippen molar-refractivity contribution in [1.29, 1.82) is 0 Å². The van der Waals surface area contributed by atoms with Crippen LogP contribution in [0.15, 0.2) is 67.0 Å². The Morgan fingerprint density at radius 1 is 1.00 bits per heavy atom. The molecule has 4 rings (SSSR count). The highest BCUT2D eigenvalue weighted by molar-refractivity contribution is 6.31. The Bertz CT molecular complexity index is 1270. The topological polar surface area (TPSA) is 51.0 Å². The fraction of sp³-hybridized carbons (Fsp3) is 0.125. The summed E-state index contributed by atoms with van der Waals surface area (Å²) in [5, 5.41) is 4.82. The summed E-state index contributed by atoms with van der Waals surface area (Å²) in [4.78, 5) is 18.7. The van der Waals surface area contributed by atoms with Gasteiger partial charge in [0, 0.05) is 37.1 Å². The molecule has 2 aromatic carbocycles. The second-order valence-corrected chi connectivity index (χ2v) is 7.69. The summed E-state index contributed by atoms with van der Waals surface area (Å²) >= 11 is 6.11. The number of aryl methyl sites for hydroxylation is 1. The van der Waals surface area contributed by atoms with Gasteiger partial charge < -0.3 is 0 Å². The van der Waals surface area contributed by atoms with Gasteiger partial charge in [0.25, 0.3) is 0 Å². The first-order valence-electron chi connectivity index (χ1n) is 9.79. The zero-order chi connectivity index (χ0) is 22.8. The van der Waals surface area contributed by atoms with Crippen molar-refractivity contribution < 1.29 is 13.6 Å². The molecule has 8 heteroatoms. The minimum absolute atomic E-state index is 0.0114. The van der Waals surface area contributed by atoms with Crippen LogP contribution in [0.4, 0.5) is 14.6 Å².